The zero-order valence-corrected chi connectivity index (χ0v) is 13.5. The number of hydrogen-bond acceptors (Lipinski definition) is 2. The van der Waals surface area contributed by atoms with Crippen LogP contribution in [0.1, 0.15) is 66.7 Å². The van der Waals surface area contributed by atoms with Crippen molar-refractivity contribution in [3.63, 3.8) is 0 Å². The van der Waals surface area contributed by atoms with Gasteiger partial charge < -0.3 is 9.47 Å². The lowest BCUT2D eigenvalue weighted by atomic mass is 9.81. The number of ether oxygens (including phenoxy) is 2. The highest BCUT2D eigenvalue weighted by molar-refractivity contribution is 4.84. The zero-order valence-electron chi connectivity index (χ0n) is 13.5. The van der Waals surface area contributed by atoms with E-state index < -0.39 is 0 Å². The summed E-state index contributed by atoms with van der Waals surface area (Å²) in [7, 11) is 0. The maximum absolute atomic E-state index is 6.28. The highest BCUT2D eigenvalue weighted by Gasteiger charge is 2.34. The lowest BCUT2D eigenvalue weighted by molar-refractivity contribution is -0.157. The van der Waals surface area contributed by atoms with Gasteiger partial charge in [0.2, 0.25) is 0 Å². The van der Waals surface area contributed by atoms with Gasteiger partial charge in [0.05, 0.1) is 25.4 Å². The Labute approximate surface area is 119 Å². The van der Waals surface area contributed by atoms with E-state index in [0.717, 1.165) is 32.0 Å². The fourth-order valence-electron chi connectivity index (χ4n) is 3.38. The van der Waals surface area contributed by atoms with Crippen molar-refractivity contribution in [2.75, 3.05) is 13.2 Å². The van der Waals surface area contributed by atoms with E-state index in [1.54, 1.807) is 0 Å². The SMILES string of the molecule is CC(C)(C)C[C@H]1COCC(CC(C)(C)CC2CC2)O1. The molecular formula is C17H32O2. The van der Waals surface area contributed by atoms with Crippen LogP contribution in [0.3, 0.4) is 0 Å². The van der Waals surface area contributed by atoms with Crippen LogP contribution in [-0.4, -0.2) is 25.4 Å². The van der Waals surface area contributed by atoms with Crippen LogP contribution >= 0.6 is 0 Å². The van der Waals surface area contributed by atoms with Crippen molar-refractivity contribution in [1.82, 2.24) is 0 Å². The first-order valence-corrected chi connectivity index (χ1v) is 7.97. The second-order valence-electron chi connectivity index (χ2n) is 8.70. The van der Waals surface area contributed by atoms with Crippen LogP contribution in [0.5, 0.6) is 0 Å². The quantitative estimate of drug-likeness (QED) is 0.734. The van der Waals surface area contributed by atoms with Crippen LogP contribution in [0.2, 0.25) is 0 Å². The summed E-state index contributed by atoms with van der Waals surface area (Å²) in [5, 5.41) is 0. The normalized spacial score (nSPS) is 29.5. The molecule has 2 fully saturated rings. The Hall–Kier alpha value is -0.0800. The molecule has 1 saturated carbocycles. The van der Waals surface area contributed by atoms with Crippen LogP contribution in [-0.2, 0) is 9.47 Å². The molecule has 0 aromatic heterocycles. The molecule has 0 spiro atoms. The van der Waals surface area contributed by atoms with Crippen molar-refractivity contribution < 1.29 is 9.47 Å². The first-order valence-electron chi connectivity index (χ1n) is 7.97. The lowest BCUT2D eigenvalue weighted by Gasteiger charge is -2.37. The van der Waals surface area contributed by atoms with Crippen molar-refractivity contribution >= 4 is 0 Å². The van der Waals surface area contributed by atoms with Crippen molar-refractivity contribution in [2.45, 2.75) is 78.9 Å². The third-order valence-electron chi connectivity index (χ3n) is 4.15. The van der Waals surface area contributed by atoms with Crippen LogP contribution < -0.4 is 0 Å². The van der Waals surface area contributed by atoms with E-state index in [-0.39, 0.29) is 6.10 Å². The van der Waals surface area contributed by atoms with E-state index in [1.165, 1.54) is 19.3 Å². The summed E-state index contributed by atoms with van der Waals surface area (Å²) in [4.78, 5) is 0. The highest BCUT2D eigenvalue weighted by Crippen LogP contribution is 2.43. The third kappa shape index (κ3) is 5.83. The van der Waals surface area contributed by atoms with E-state index in [9.17, 15) is 0 Å². The molecule has 1 unspecified atom stereocenters. The first-order chi connectivity index (χ1) is 8.73. The van der Waals surface area contributed by atoms with Crippen LogP contribution in [0, 0.1) is 16.7 Å². The zero-order chi connectivity index (χ0) is 14.1. The van der Waals surface area contributed by atoms with Gasteiger partial charge in [-0.15, -0.1) is 0 Å². The molecule has 0 bridgehead atoms. The van der Waals surface area contributed by atoms with Crippen molar-refractivity contribution in [2.24, 2.45) is 16.7 Å². The van der Waals surface area contributed by atoms with Gasteiger partial charge in [0.15, 0.2) is 0 Å². The molecule has 0 N–H and O–H groups in total. The Balaban J connectivity index is 1.79. The molecule has 1 saturated heterocycles. The average molecular weight is 268 g/mol. The van der Waals surface area contributed by atoms with E-state index >= 15 is 0 Å². The maximum atomic E-state index is 6.28. The summed E-state index contributed by atoms with van der Waals surface area (Å²) >= 11 is 0. The van der Waals surface area contributed by atoms with Gasteiger partial charge in [-0.3, -0.25) is 0 Å². The van der Waals surface area contributed by atoms with Gasteiger partial charge in [-0.2, -0.15) is 0 Å². The van der Waals surface area contributed by atoms with E-state index in [0.29, 0.717) is 16.9 Å². The molecule has 1 heterocycles. The monoisotopic (exact) mass is 268 g/mol. The Kier molecular flexibility index (Phi) is 4.62. The van der Waals surface area contributed by atoms with Gasteiger partial charge in [0, 0.05) is 0 Å². The molecule has 2 aliphatic rings. The largest absolute Gasteiger partial charge is 0.376 e. The average Bonchev–Trinajstić information content (AvgIpc) is 2.97. The summed E-state index contributed by atoms with van der Waals surface area (Å²) < 4.78 is 12.1. The Morgan fingerprint density at radius 1 is 0.842 bits per heavy atom. The van der Waals surface area contributed by atoms with Crippen molar-refractivity contribution in [1.29, 1.82) is 0 Å². The van der Waals surface area contributed by atoms with Crippen molar-refractivity contribution in [3.8, 4) is 0 Å². The molecule has 2 atom stereocenters. The molecule has 0 radical (unpaired) electrons. The topological polar surface area (TPSA) is 18.5 Å². The van der Waals surface area contributed by atoms with Gasteiger partial charge in [-0.1, -0.05) is 47.5 Å². The first kappa shape index (κ1) is 15.3. The lowest BCUT2D eigenvalue weighted by Crippen LogP contribution is -2.40. The van der Waals surface area contributed by atoms with Gasteiger partial charge in [-0.05, 0) is 36.0 Å². The fraction of sp³-hybridized carbons (Fsp3) is 1.00. The number of hydrogen-bond donors (Lipinski definition) is 0. The highest BCUT2D eigenvalue weighted by atomic mass is 16.6. The minimum absolute atomic E-state index is 0.287. The predicted molar refractivity (Wildman–Crippen MR) is 79.3 cm³/mol. The smallest absolute Gasteiger partial charge is 0.0818 e. The molecule has 0 aromatic carbocycles. The second-order valence-corrected chi connectivity index (χ2v) is 8.70. The molecule has 112 valence electrons. The molecule has 2 nitrogen and oxygen atoms in total. The van der Waals surface area contributed by atoms with E-state index in [1.807, 2.05) is 0 Å². The molecular weight excluding hydrogens is 236 g/mol. The van der Waals surface area contributed by atoms with E-state index in [4.69, 9.17) is 9.47 Å². The molecule has 2 rings (SSSR count). The Morgan fingerprint density at radius 3 is 1.95 bits per heavy atom. The minimum atomic E-state index is 0.287. The molecule has 1 aliphatic heterocycles. The van der Waals surface area contributed by atoms with Crippen LogP contribution in [0.4, 0.5) is 0 Å². The third-order valence-corrected chi connectivity index (χ3v) is 4.15. The standard InChI is InChI=1S/C17H32O2/c1-16(2,3)9-14-11-18-12-15(19-14)10-17(4,5)8-13-6-7-13/h13-15H,6-12H2,1-5H3/t14-,15?/m0/s1. The minimum Gasteiger partial charge on any atom is -0.376 e. The fourth-order valence-corrected chi connectivity index (χ4v) is 3.38. The Morgan fingerprint density at radius 2 is 1.42 bits per heavy atom. The summed E-state index contributed by atoms with van der Waals surface area (Å²) in [6.45, 7) is 13.2. The van der Waals surface area contributed by atoms with Gasteiger partial charge in [-0.25, -0.2) is 0 Å². The summed E-state index contributed by atoms with van der Waals surface area (Å²) in [5.41, 5.74) is 0.720. The predicted octanol–water partition coefficient (Wildman–Crippen LogP) is 4.42. The van der Waals surface area contributed by atoms with Crippen LogP contribution in [0.15, 0.2) is 0 Å². The summed E-state index contributed by atoms with van der Waals surface area (Å²) in [5.74, 6) is 0.991. The van der Waals surface area contributed by atoms with Crippen molar-refractivity contribution in [3.05, 3.63) is 0 Å². The molecule has 0 amide bonds. The molecule has 2 heteroatoms. The summed E-state index contributed by atoms with van der Waals surface area (Å²) in [6, 6.07) is 0. The van der Waals surface area contributed by atoms with Crippen LogP contribution in [0.25, 0.3) is 0 Å². The van der Waals surface area contributed by atoms with Gasteiger partial charge >= 0.3 is 0 Å². The Bertz CT molecular complexity index is 286. The van der Waals surface area contributed by atoms with Gasteiger partial charge in [0.25, 0.3) is 0 Å². The molecule has 1 aliphatic carbocycles. The summed E-state index contributed by atoms with van der Waals surface area (Å²) in [6.07, 6.45) is 7.06. The molecule has 19 heavy (non-hydrogen) atoms. The number of rotatable bonds is 5. The van der Waals surface area contributed by atoms with Gasteiger partial charge in [0.1, 0.15) is 0 Å². The molecule has 0 aromatic rings. The van der Waals surface area contributed by atoms with E-state index in [2.05, 4.69) is 34.6 Å². The second kappa shape index (κ2) is 5.73. The maximum Gasteiger partial charge on any atom is 0.0818 e.